The molecule has 7 heteroatoms. The smallest absolute Gasteiger partial charge is 0.266 e. The number of carbonyl (C=O) groups excluding carboxylic acids is 1. The molecule has 0 spiro atoms. The van der Waals surface area contributed by atoms with Crippen LogP contribution in [-0.4, -0.2) is 33.2 Å². The number of aromatic nitrogens is 2. The molecule has 168 valence electrons. The summed E-state index contributed by atoms with van der Waals surface area (Å²) in [4.78, 5) is 32.5. The summed E-state index contributed by atoms with van der Waals surface area (Å²) in [5.74, 6) is -0.374. The van der Waals surface area contributed by atoms with Crippen molar-refractivity contribution < 1.29 is 9.18 Å². The van der Waals surface area contributed by atoms with Crippen molar-refractivity contribution in [2.45, 2.75) is 25.5 Å². The van der Waals surface area contributed by atoms with Crippen molar-refractivity contribution in [3.63, 3.8) is 0 Å². The Labute approximate surface area is 195 Å². The number of thioether (sulfide) groups is 1. The van der Waals surface area contributed by atoms with Gasteiger partial charge in [0.25, 0.3) is 5.56 Å². The van der Waals surface area contributed by atoms with E-state index >= 15 is 0 Å². The van der Waals surface area contributed by atoms with Crippen molar-refractivity contribution >= 4 is 28.6 Å². The molecular formula is C26H24FN3O2S. The van der Waals surface area contributed by atoms with Crippen LogP contribution >= 0.6 is 11.8 Å². The molecule has 0 aliphatic rings. The number of nitrogens with zero attached hydrogens (tertiary/aromatic N) is 3. The minimum absolute atomic E-state index is 0.0987. The monoisotopic (exact) mass is 461 g/mol. The van der Waals surface area contributed by atoms with Gasteiger partial charge in [-0.3, -0.25) is 14.2 Å². The number of halogens is 1. The van der Waals surface area contributed by atoms with Crippen LogP contribution in [0.15, 0.2) is 76.7 Å². The molecule has 4 rings (SSSR count). The molecule has 3 aromatic carbocycles. The zero-order valence-electron chi connectivity index (χ0n) is 18.7. The van der Waals surface area contributed by atoms with Gasteiger partial charge in [-0.1, -0.05) is 48.2 Å². The second-order valence-corrected chi connectivity index (χ2v) is 8.95. The van der Waals surface area contributed by atoms with Crippen LogP contribution < -0.4 is 5.56 Å². The zero-order chi connectivity index (χ0) is 23.5. The van der Waals surface area contributed by atoms with Crippen molar-refractivity contribution in [1.82, 2.24) is 14.5 Å². The molecule has 33 heavy (non-hydrogen) atoms. The van der Waals surface area contributed by atoms with Crippen molar-refractivity contribution in [2.24, 2.45) is 0 Å². The van der Waals surface area contributed by atoms with Gasteiger partial charge in [0.05, 0.1) is 22.3 Å². The maximum atomic E-state index is 13.5. The number of hydrogen-bond acceptors (Lipinski definition) is 4. The van der Waals surface area contributed by atoms with E-state index in [9.17, 15) is 14.0 Å². The standard InChI is InChI=1S/C26H24FN3O2S/c1-17-11-12-18(2)23(13-17)30-25(32)21-9-4-5-10-22(21)28-26(30)33-16-24(31)29(3)15-19-7-6-8-20(27)14-19/h4-14H,15-16H2,1-3H3. The van der Waals surface area contributed by atoms with E-state index in [1.54, 1.807) is 40.8 Å². The lowest BCUT2D eigenvalue weighted by atomic mass is 10.1. The fraction of sp³-hybridized carbons (Fsp3) is 0.192. The topological polar surface area (TPSA) is 55.2 Å². The fourth-order valence-electron chi connectivity index (χ4n) is 3.62. The average molecular weight is 462 g/mol. The summed E-state index contributed by atoms with van der Waals surface area (Å²) in [6.07, 6.45) is 0. The molecule has 5 nitrogen and oxygen atoms in total. The van der Waals surface area contributed by atoms with Crippen LogP contribution in [0, 0.1) is 19.7 Å². The molecule has 0 unspecified atom stereocenters. The molecular weight excluding hydrogens is 437 g/mol. The molecule has 0 saturated heterocycles. The Morgan fingerprint density at radius 3 is 2.64 bits per heavy atom. The number of carbonyl (C=O) groups is 1. The molecule has 0 N–H and O–H groups in total. The van der Waals surface area contributed by atoms with E-state index < -0.39 is 0 Å². The van der Waals surface area contributed by atoms with E-state index in [1.165, 1.54) is 23.9 Å². The number of aryl methyl sites for hydroxylation is 2. The number of benzene rings is 3. The predicted molar refractivity (Wildman–Crippen MR) is 130 cm³/mol. The first-order valence-corrected chi connectivity index (χ1v) is 11.5. The van der Waals surface area contributed by atoms with Crippen LogP contribution in [0.25, 0.3) is 16.6 Å². The number of fused-ring (bicyclic) bond motifs is 1. The van der Waals surface area contributed by atoms with Crippen LogP contribution in [0.1, 0.15) is 16.7 Å². The Morgan fingerprint density at radius 1 is 1.06 bits per heavy atom. The molecule has 0 fully saturated rings. The lowest BCUT2D eigenvalue weighted by molar-refractivity contribution is -0.127. The van der Waals surface area contributed by atoms with Crippen molar-refractivity contribution in [3.8, 4) is 5.69 Å². The minimum atomic E-state index is -0.333. The summed E-state index contributed by atoms with van der Waals surface area (Å²) in [6, 6.07) is 19.3. The Balaban J connectivity index is 1.66. The summed E-state index contributed by atoms with van der Waals surface area (Å²) in [5.41, 5.74) is 3.85. The second-order valence-electron chi connectivity index (χ2n) is 8.01. The molecule has 0 radical (unpaired) electrons. The zero-order valence-corrected chi connectivity index (χ0v) is 19.5. The third kappa shape index (κ3) is 4.98. The number of hydrogen-bond donors (Lipinski definition) is 0. The van der Waals surface area contributed by atoms with Crippen LogP contribution in [0.3, 0.4) is 0 Å². The number of para-hydroxylation sites is 1. The normalized spacial score (nSPS) is 11.0. The van der Waals surface area contributed by atoms with Gasteiger partial charge in [0, 0.05) is 13.6 Å². The van der Waals surface area contributed by atoms with E-state index in [4.69, 9.17) is 4.98 Å². The van der Waals surface area contributed by atoms with E-state index in [0.717, 1.165) is 16.8 Å². The first-order valence-electron chi connectivity index (χ1n) is 10.5. The largest absolute Gasteiger partial charge is 0.341 e. The van der Waals surface area contributed by atoms with Gasteiger partial charge in [-0.05, 0) is 60.9 Å². The van der Waals surface area contributed by atoms with Crippen molar-refractivity contribution in [3.05, 3.63) is 99.6 Å². The Morgan fingerprint density at radius 2 is 1.85 bits per heavy atom. The lowest BCUT2D eigenvalue weighted by Gasteiger charge is -2.19. The van der Waals surface area contributed by atoms with Gasteiger partial charge in [-0.2, -0.15) is 0 Å². The quantitative estimate of drug-likeness (QED) is 0.303. The Hall–Kier alpha value is -3.45. The third-order valence-corrected chi connectivity index (χ3v) is 6.33. The lowest BCUT2D eigenvalue weighted by Crippen LogP contribution is -2.28. The van der Waals surface area contributed by atoms with Gasteiger partial charge < -0.3 is 4.90 Å². The SMILES string of the molecule is Cc1ccc(C)c(-n2c(SCC(=O)N(C)Cc3cccc(F)c3)nc3ccccc3c2=O)c1. The van der Waals surface area contributed by atoms with Gasteiger partial charge in [0.1, 0.15) is 5.82 Å². The Kier molecular flexibility index (Phi) is 6.60. The molecule has 0 bridgehead atoms. The Bertz CT molecular complexity index is 1400. The van der Waals surface area contributed by atoms with Crippen molar-refractivity contribution in [1.29, 1.82) is 0 Å². The third-order valence-electron chi connectivity index (χ3n) is 5.41. The molecule has 0 aliphatic carbocycles. The van der Waals surface area contributed by atoms with E-state index in [-0.39, 0.29) is 23.0 Å². The number of amides is 1. The summed E-state index contributed by atoms with van der Waals surface area (Å²) in [6.45, 7) is 4.22. The molecule has 1 aromatic heterocycles. The van der Waals surface area contributed by atoms with E-state index in [1.807, 2.05) is 44.2 Å². The molecule has 0 atom stereocenters. The summed E-state index contributed by atoms with van der Waals surface area (Å²) < 4.78 is 15.1. The fourth-order valence-corrected chi connectivity index (χ4v) is 4.56. The van der Waals surface area contributed by atoms with Crippen LogP contribution in [0.5, 0.6) is 0 Å². The first kappa shape index (κ1) is 22.7. The summed E-state index contributed by atoms with van der Waals surface area (Å²) >= 11 is 1.22. The van der Waals surface area contributed by atoms with Gasteiger partial charge in [-0.15, -0.1) is 0 Å². The molecule has 0 aliphatic heterocycles. The minimum Gasteiger partial charge on any atom is -0.341 e. The maximum absolute atomic E-state index is 13.5. The highest BCUT2D eigenvalue weighted by Gasteiger charge is 2.18. The van der Waals surface area contributed by atoms with Crippen molar-refractivity contribution in [2.75, 3.05) is 12.8 Å². The second kappa shape index (κ2) is 9.58. The molecule has 1 heterocycles. The average Bonchev–Trinajstić information content (AvgIpc) is 2.79. The van der Waals surface area contributed by atoms with Crippen LogP contribution in [-0.2, 0) is 11.3 Å². The highest BCUT2D eigenvalue weighted by molar-refractivity contribution is 7.99. The highest BCUT2D eigenvalue weighted by Crippen LogP contribution is 2.24. The van der Waals surface area contributed by atoms with Gasteiger partial charge in [0.15, 0.2) is 5.16 Å². The number of rotatable bonds is 6. The molecule has 0 saturated carbocycles. The highest BCUT2D eigenvalue weighted by atomic mass is 32.2. The summed E-state index contributed by atoms with van der Waals surface area (Å²) in [7, 11) is 1.68. The first-order chi connectivity index (χ1) is 15.8. The van der Waals surface area contributed by atoms with E-state index in [0.29, 0.717) is 28.2 Å². The van der Waals surface area contributed by atoms with Gasteiger partial charge in [0.2, 0.25) is 5.91 Å². The van der Waals surface area contributed by atoms with Gasteiger partial charge in [-0.25, -0.2) is 9.37 Å². The predicted octanol–water partition coefficient (Wildman–Crippen LogP) is 4.89. The summed E-state index contributed by atoms with van der Waals surface area (Å²) in [5, 5.41) is 0.984. The van der Waals surface area contributed by atoms with Gasteiger partial charge >= 0.3 is 0 Å². The van der Waals surface area contributed by atoms with E-state index in [2.05, 4.69) is 0 Å². The maximum Gasteiger partial charge on any atom is 0.266 e. The van der Waals surface area contributed by atoms with Crippen LogP contribution in [0.2, 0.25) is 0 Å². The molecule has 4 aromatic rings. The van der Waals surface area contributed by atoms with Crippen LogP contribution in [0.4, 0.5) is 4.39 Å². The molecule has 1 amide bonds.